The van der Waals surface area contributed by atoms with E-state index in [1.807, 2.05) is 6.07 Å². The predicted molar refractivity (Wildman–Crippen MR) is 92.1 cm³/mol. The number of carbonyl (C=O) groups is 2. The lowest BCUT2D eigenvalue weighted by molar-refractivity contribution is -0.119. The van der Waals surface area contributed by atoms with Crippen LogP contribution in [0.4, 0.5) is 10.5 Å². The van der Waals surface area contributed by atoms with Crippen LogP contribution >= 0.6 is 11.6 Å². The Bertz CT molecular complexity index is 775. The summed E-state index contributed by atoms with van der Waals surface area (Å²) < 4.78 is 1.55. The van der Waals surface area contributed by atoms with E-state index in [0.29, 0.717) is 18.2 Å². The molecule has 1 aliphatic rings. The number of hydrogen-bond acceptors (Lipinski definition) is 4. The van der Waals surface area contributed by atoms with Crippen LogP contribution in [0.1, 0.15) is 12.8 Å². The summed E-state index contributed by atoms with van der Waals surface area (Å²) in [6.45, 7) is 0.265. The molecule has 0 bridgehead atoms. The molecule has 1 fully saturated rings. The highest BCUT2D eigenvalue weighted by Gasteiger charge is 2.30. The van der Waals surface area contributed by atoms with Crippen LogP contribution in [-0.2, 0) is 4.79 Å². The first kappa shape index (κ1) is 17.2. The van der Waals surface area contributed by atoms with Crippen LogP contribution in [0, 0.1) is 5.92 Å². The smallest absolute Gasteiger partial charge is 0.407 e. The molecule has 0 aliphatic heterocycles. The Balaban J connectivity index is 1.87. The first-order chi connectivity index (χ1) is 12.0. The fraction of sp³-hybridized carbons (Fsp3) is 0.375. The summed E-state index contributed by atoms with van der Waals surface area (Å²) in [5.74, 6) is 0.0846. The summed E-state index contributed by atoms with van der Waals surface area (Å²) in [7, 11) is 1.36. The molecule has 2 aromatic rings. The molecular weight excluding hydrogens is 346 g/mol. The molecule has 0 unspecified atom stereocenters. The summed E-state index contributed by atoms with van der Waals surface area (Å²) in [6, 6.07) is 3.60. The number of nitrogens with zero attached hydrogens (tertiary/aromatic N) is 5. The highest BCUT2D eigenvalue weighted by Crippen LogP contribution is 2.34. The van der Waals surface area contributed by atoms with Crippen molar-refractivity contribution in [2.45, 2.75) is 12.8 Å². The molecule has 0 radical (unpaired) electrons. The van der Waals surface area contributed by atoms with Gasteiger partial charge in [0.25, 0.3) is 0 Å². The Labute approximate surface area is 149 Å². The Morgan fingerprint density at radius 2 is 2.20 bits per heavy atom. The molecule has 2 amide bonds. The lowest BCUT2D eigenvalue weighted by Gasteiger charge is -2.23. The molecule has 1 aliphatic carbocycles. The molecule has 132 valence electrons. The van der Waals surface area contributed by atoms with E-state index in [4.69, 9.17) is 16.7 Å². The van der Waals surface area contributed by atoms with Crippen LogP contribution in [0.3, 0.4) is 0 Å². The average molecular weight is 364 g/mol. The van der Waals surface area contributed by atoms with Gasteiger partial charge in [0.05, 0.1) is 18.1 Å². The van der Waals surface area contributed by atoms with Crippen LogP contribution in [0.15, 0.2) is 30.7 Å². The van der Waals surface area contributed by atoms with Gasteiger partial charge in [-0.2, -0.15) is 5.10 Å². The van der Waals surface area contributed by atoms with Gasteiger partial charge in [0, 0.05) is 19.8 Å². The summed E-state index contributed by atoms with van der Waals surface area (Å²) in [6.07, 6.45) is 5.90. The van der Waals surface area contributed by atoms with Crippen LogP contribution in [0.5, 0.6) is 0 Å². The zero-order chi connectivity index (χ0) is 18.0. The molecule has 2 aromatic heterocycles. The number of amides is 2. The average Bonchev–Trinajstić information content (AvgIpc) is 3.34. The van der Waals surface area contributed by atoms with E-state index in [9.17, 15) is 9.59 Å². The quantitative estimate of drug-likeness (QED) is 0.850. The topological polar surface area (TPSA) is 91.6 Å². The highest BCUT2D eigenvalue weighted by atomic mass is 35.5. The fourth-order valence-electron chi connectivity index (χ4n) is 2.40. The van der Waals surface area contributed by atoms with Gasteiger partial charge in [0.15, 0.2) is 5.15 Å². The lowest BCUT2D eigenvalue weighted by Crippen LogP contribution is -2.41. The third-order valence-electron chi connectivity index (χ3n) is 3.99. The molecule has 0 spiro atoms. The summed E-state index contributed by atoms with van der Waals surface area (Å²) in [5, 5.41) is 13.4. The second-order valence-corrected chi connectivity index (χ2v) is 6.41. The number of likely N-dealkylation sites (N-methyl/N-ethyl adjacent to an activating group) is 1. The van der Waals surface area contributed by atoms with E-state index in [-0.39, 0.29) is 17.6 Å². The lowest BCUT2D eigenvalue weighted by atomic mass is 10.3. The van der Waals surface area contributed by atoms with Gasteiger partial charge in [-0.1, -0.05) is 11.6 Å². The molecule has 2 heterocycles. The monoisotopic (exact) mass is 363 g/mol. The van der Waals surface area contributed by atoms with Crippen molar-refractivity contribution in [3.05, 3.63) is 35.9 Å². The van der Waals surface area contributed by atoms with Crippen molar-refractivity contribution in [3.8, 4) is 5.69 Å². The van der Waals surface area contributed by atoms with Gasteiger partial charge in [-0.25, -0.2) is 9.48 Å². The standard InChI is InChI=1S/C16H18ClN5O3/c1-20(16(24)25)10-14(23)21(8-11-4-5-11)13-9-22(19-15(13)17)12-3-2-6-18-7-12/h2-3,6-7,9,11H,4-5,8,10H2,1H3,(H,24,25). The van der Waals surface area contributed by atoms with Gasteiger partial charge in [-0.05, 0) is 30.9 Å². The maximum atomic E-state index is 12.6. The molecular formula is C16H18ClN5O3. The Kier molecular flexibility index (Phi) is 4.89. The number of anilines is 1. The van der Waals surface area contributed by atoms with Crippen molar-refractivity contribution in [2.24, 2.45) is 5.92 Å². The van der Waals surface area contributed by atoms with E-state index in [2.05, 4.69) is 10.1 Å². The van der Waals surface area contributed by atoms with Crippen molar-refractivity contribution in [1.82, 2.24) is 19.7 Å². The van der Waals surface area contributed by atoms with Crippen molar-refractivity contribution in [1.29, 1.82) is 0 Å². The highest BCUT2D eigenvalue weighted by molar-refractivity contribution is 6.32. The van der Waals surface area contributed by atoms with Crippen molar-refractivity contribution in [3.63, 3.8) is 0 Å². The SMILES string of the molecule is CN(CC(=O)N(CC1CC1)c1cn(-c2cccnc2)nc1Cl)C(=O)O. The molecule has 9 heteroatoms. The summed E-state index contributed by atoms with van der Waals surface area (Å²) in [5.41, 5.74) is 1.19. The number of aromatic nitrogens is 3. The molecule has 0 aromatic carbocycles. The first-order valence-corrected chi connectivity index (χ1v) is 8.23. The number of hydrogen-bond donors (Lipinski definition) is 1. The third-order valence-corrected chi connectivity index (χ3v) is 4.26. The Morgan fingerprint density at radius 3 is 2.80 bits per heavy atom. The minimum Gasteiger partial charge on any atom is -0.465 e. The van der Waals surface area contributed by atoms with Gasteiger partial charge in [0.1, 0.15) is 12.2 Å². The van der Waals surface area contributed by atoms with Crippen molar-refractivity contribution in [2.75, 3.05) is 25.0 Å². The van der Waals surface area contributed by atoms with Crippen LogP contribution in [0.25, 0.3) is 5.69 Å². The molecule has 3 rings (SSSR count). The largest absolute Gasteiger partial charge is 0.465 e. The van der Waals surface area contributed by atoms with E-state index >= 15 is 0 Å². The van der Waals surface area contributed by atoms with Gasteiger partial charge in [0.2, 0.25) is 5.91 Å². The van der Waals surface area contributed by atoms with E-state index in [1.165, 1.54) is 11.9 Å². The van der Waals surface area contributed by atoms with Crippen LogP contribution in [0.2, 0.25) is 5.15 Å². The zero-order valence-electron chi connectivity index (χ0n) is 13.7. The molecule has 1 saturated carbocycles. The summed E-state index contributed by atoms with van der Waals surface area (Å²) in [4.78, 5) is 30.1. The molecule has 0 atom stereocenters. The predicted octanol–water partition coefficient (Wildman–Crippen LogP) is 2.27. The maximum Gasteiger partial charge on any atom is 0.407 e. The van der Waals surface area contributed by atoms with E-state index in [1.54, 1.807) is 29.3 Å². The van der Waals surface area contributed by atoms with E-state index < -0.39 is 6.09 Å². The number of carbonyl (C=O) groups excluding carboxylic acids is 1. The Hall–Kier alpha value is -2.61. The van der Waals surface area contributed by atoms with Gasteiger partial charge in [-0.15, -0.1) is 0 Å². The minimum atomic E-state index is -1.16. The third kappa shape index (κ3) is 4.08. The van der Waals surface area contributed by atoms with Crippen LogP contribution < -0.4 is 4.90 Å². The molecule has 25 heavy (non-hydrogen) atoms. The van der Waals surface area contributed by atoms with E-state index in [0.717, 1.165) is 23.4 Å². The minimum absolute atomic E-state index is 0.191. The number of rotatable bonds is 6. The van der Waals surface area contributed by atoms with Gasteiger partial charge < -0.3 is 14.9 Å². The fourth-order valence-corrected chi connectivity index (χ4v) is 2.63. The van der Waals surface area contributed by atoms with Gasteiger partial charge >= 0.3 is 6.09 Å². The first-order valence-electron chi connectivity index (χ1n) is 7.85. The van der Waals surface area contributed by atoms with Crippen molar-refractivity contribution >= 4 is 29.3 Å². The Morgan fingerprint density at radius 1 is 1.44 bits per heavy atom. The molecule has 1 N–H and O–H groups in total. The van der Waals surface area contributed by atoms with Gasteiger partial charge in [-0.3, -0.25) is 9.78 Å². The number of halogens is 1. The second kappa shape index (κ2) is 7.10. The van der Waals surface area contributed by atoms with Crippen molar-refractivity contribution < 1.29 is 14.7 Å². The molecule has 8 nitrogen and oxygen atoms in total. The second-order valence-electron chi connectivity index (χ2n) is 6.05. The molecule has 0 saturated heterocycles. The number of carboxylic acid groups (broad SMARTS) is 1. The zero-order valence-corrected chi connectivity index (χ0v) is 14.4. The normalized spacial score (nSPS) is 13.5. The summed E-state index contributed by atoms with van der Waals surface area (Å²) >= 11 is 6.26. The van der Waals surface area contributed by atoms with Crippen LogP contribution in [-0.4, -0.2) is 56.9 Å². The number of pyridine rings is 1. The maximum absolute atomic E-state index is 12.6.